The zero-order valence-electron chi connectivity index (χ0n) is 12.2. The van der Waals surface area contributed by atoms with Gasteiger partial charge < -0.3 is 10.1 Å². The molecule has 1 fully saturated rings. The van der Waals surface area contributed by atoms with Gasteiger partial charge in [-0.3, -0.25) is 0 Å². The van der Waals surface area contributed by atoms with E-state index in [1.54, 1.807) is 0 Å². The van der Waals surface area contributed by atoms with E-state index in [4.69, 9.17) is 4.74 Å². The summed E-state index contributed by atoms with van der Waals surface area (Å²) in [6.45, 7) is 1.99. The third-order valence-electron chi connectivity index (χ3n) is 4.51. The van der Waals surface area contributed by atoms with Crippen molar-refractivity contribution in [3.63, 3.8) is 0 Å². The predicted molar refractivity (Wildman–Crippen MR) is 81.6 cm³/mol. The molecule has 0 heterocycles. The van der Waals surface area contributed by atoms with Crippen molar-refractivity contribution < 1.29 is 4.74 Å². The number of methoxy groups -OCH3 is 1. The number of anilines is 1. The lowest BCUT2D eigenvalue weighted by molar-refractivity contribution is 0.0975. The van der Waals surface area contributed by atoms with E-state index < -0.39 is 0 Å². The van der Waals surface area contributed by atoms with Gasteiger partial charge in [0.05, 0.1) is 0 Å². The van der Waals surface area contributed by atoms with E-state index in [1.807, 2.05) is 7.11 Å². The van der Waals surface area contributed by atoms with Crippen molar-refractivity contribution in [3.05, 3.63) is 30.3 Å². The summed E-state index contributed by atoms with van der Waals surface area (Å²) in [5.74, 6) is 0. The van der Waals surface area contributed by atoms with Crippen molar-refractivity contribution in [1.82, 2.24) is 0 Å². The van der Waals surface area contributed by atoms with E-state index in [9.17, 15) is 0 Å². The van der Waals surface area contributed by atoms with Crippen LogP contribution in [-0.2, 0) is 4.74 Å². The first-order chi connectivity index (χ1) is 9.35. The Balaban J connectivity index is 1.82. The second-order valence-electron chi connectivity index (χ2n) is 5.85. The average Bonchev–Trinajstić information content (AvgIpc) is 2.47. The largest absolute Gasteiger partial charge is 0.385 e. The average molecular weight is 261 g/mol. The quantitative estimate of drug-likeness (QED) is 0.781. The summed E-state index contributed by atoms with van der Waals surface area (Å²) in [6, 6.07) is 10.5. The van der Waals surface area contributed by atoms with Crippen LogP contribution in [0.4, 0.5) is 5.69 Å². The Bertz CT molecular complexity index is 344. The molecule has 1 aliphatic carbocycles. The Kier molecular flexibility index (Phi) is 5.71. The molecule has 2 heteroatoms. The topological polar surface area (TPSA) is 21.3 Å². The Labute approximate surface area is 117 Å². The smallest absolute Gasteiger partial charge is 0.0467 e. The van der Waals surface area contributed by atoms with Gasteiger partial charge in [-0.15, -0.1) is 0 Å². The fourth-order valence-electron chi connectivity index (χ4n) is 3.27. The molecule has 0 unspecified atom stereocenters. The first-order valence-corrected chi connectivity index (χ1v) is 7.63. The summed E-state index contributed by atoms with van der Waals surface area (Å²) in [7, 11) is 1.82. The van der Waals surface area contributed by atoms with E-state index in [0.29, 0.717) is 5.41 Å². The molecule has 1 N–H and O–H groups in total. The number of nitrogens with one attached hydrogen (secondary N) is 1. The molecule has 1 aromatic rings. The zero-order valence-corrected chi connectivity index (χ0v) is 12.2. The molecule has 0 saturated heterocycles. The molecular formula is C17H27NO. The van der Waals surface area contributed by atoms with Crippen molar-refractivity contribution in [2.24, 2.45) is 5.41 Å². The van der Waals surface area contributed by atoms with Gasteiger partial charge >= 0.3 is 0 Å². The van der Waals surface area contributed by atoms with Gasteiger partial charge in [-0.2, -0.15) is 0 Å². The summed E-state index contributed by atoms with van der Waals surface area (Å²) in [6.07, 6.45) is 9.47. The second kappa shape index (κ2) is 7.54. The molecule has 0 bridgehead atoms. The molecule has 0 aliphatic heterocycles. The van der Waals surface area contributed by atoms with Crippen LogP contribution in [0.5, 0.6) is 0 Å². The number of para-hydroxylation sites is 1. The summed E-state index contributed by atoms with van der Waals surface area (Å²) < 4.78 is 5.31. The highest BCUT2D eigenvalue weighted by molar-refractivity contribution is 5.42. The molecule has 1 aromatic carbocycles. The molecule has 19 heavy (non-hydrogen) atoms. The molecule has 1 saturated carbocycles. The SMILES string of the molecule is COCCC1(CCNc2ccccc2)CCCCC1. The molecule has 0 atom stereocenters. The van der Waals surface area contributed by atoms with Crippen molar-refractivity contribution in [2.45, 2.75) is 44.9 Å². The maximum atomic E-state index is 5.31. The summed E-state index contributed by atoms with van der Waals surface area (Å²) in [4.78, 5) is 0. The Morgan fingerprint density at radius 1 is 1.05 bits per heavy atom. The van der Waals surface area contributed by atoms with Crippen LogP contribution in [0.25, 0.3) is 0 Å². The Morgan fingerprint density at radius 3 is 2.47 bits per heavy atom. The zero-order chi connectivity index (χ0) is 13.4. The van der Waals surface area contributed by atoms with Crippen molar-refractivity contribution in [2.75, 3.05) is 25.6 Å². The summed E-state index contributed by atoms with van der Waals surface area (Å²) in [5, 5.41) is 3.55. The van der Waals surface area contributed by atoms with Crippen LogP contribution in [-0.4, -0.2) is 20.3 Å². The molecule has 0 radical (unpaired) electrons. The Morgan fingerprint density at radius 2 is 1.79 bits per heavy atom. The van der Waals surface area contributed by atoms with E-state index in [0.717, 1.165) is 13.2 Å². The standard InChI is InChI=1S/C17H27NO/c1-19-15-13-17(10-6-3-7-11-17)12-14-18-16-8-4-2-5-9-16/h2,4-5,8-9,18H,3,6-7,10-15H2,1H3. The van der Waals surface area contributed by atoms with Gasteiger partial charge in [0.25, 0.3) is 0 Å². The lowest BCUT2D eigenvalue weighted by Crippen LogP contribution is -2.28. The van der Waals surface area contributed by atoms with Crippen LogP contribution >= 0.6 is 0 Å². The molecule has 0 spiro atoms. The summed E-state index contributed by atoms with van der Waals surface area (Å²) >= 11 is 0. The molecule has 1 aliphatic rings. The van der Waals surface area contributed by atoms with Gasteiger partial charge in [-0.1, -0.05) is 37.5 Å². The lowest BCUT2D eigenvalue weighted by atomic mass is 9.70. The maximum absolute atomic E-state index is 5.31. The number of benzene rings is 1. The monoisotopic (exact) mass is 261 g/mol. The van der Waals surface area contributed by atoms with Gasteiger partial charge in [-0.05, 0) is 43.2 Å². The predicted octanol–water partition coefficient (Wildman–Crippen LogP) is 4.48. The maximum Gasteiger partial charge on any atom is 0.0467 e. The van der Waals surface area contributed by atoms with E-state index in [2.05, 4.69) is 35.6 Å². The van der Waals surface area contributed by atoms with E-state index in [1.165, 1.54) is 50.6 Å². The number of hydrogen-bond donors (Lipinski definition) is 1. The highest BCUT2D eigenvalue weighted by Crippen LogP contribution is 2.42. The third kappa shape index (κ3) is 4.54. The highest BCUT2D eigenvalue weighted by atomic mass is 16.5. The molecule has 0 aromatic heterocycles. The molecule has 106 valence electrons. The van der Waals surface area contributed by atoms with Crippen LogP contribution in [0.3, 0.4) is 0 Å². The minimum atomic E-state index is 0.524. The lowest BCUT2D eigenvalue weighted by Gasteiger charge is -2.37. The molecule has 2 rings (SSSR count). The normalized spacial score (nSPS) is 18.2. The number of ether oxygens (including phenoxy) is 1. The van der Waals surface area contributed by atoms with Crippen LogP contribution in [0.2, 0.25) is 0 Å². The molecule has 0 amide bonds. The first kappa shape index (κ1) is 14.4. The van der Waals surface area contributed by atoms with Gasteiger partial charge in [-0.25, -0.2) is 0 Å². The fraction of sp³-hybridized carbons (Fsp3) is 0.647. The number of hydrogen-bond acceptors (Lipinski definition) is 2. The van der Waals surface area contributed by atoms with Gasteiger partial charge in [0.2, 0.25) is 0 Å². The minimum absolute atomic E-state index is 0.524. The van der Waals surface area contributed by atoms with Gasteiger partial charge in [0, 0.05) is 25.9 Å². The first-order valence-electron chi connectivity index (χ1n) is 7.63. The Hall–Kier alpha value is -1.02. The van der Waals surface area contributed by atoms with Crippen LogP contribution in [0.15, 0.2) is 30.3 Å². The number of rotatable bonds is 7. The van der Waals surface area contributed by atoms with Crippen molar-refractivity contribution in [1.29, 1.82) is 0 Å². The molecular weight excluding hydrogens is 234 g/mol. The fourth-order valence-corrected chi connectivity index (χ4v) is 3.27. The van der Waals surface area contributed by atoms with Crippen LogP contribution < -0.4 is 5.32 Å². The van der Waals surface area contributed by atoms with Gasteiger partial charge in [0.15, 0.2) is 0 Å². The second-order valence-corrected chi connectivity index (χ2v) is 5.85. The van der Waals surface area contributed by atoms with Gasteiger partial charge in [0.1, 0.15) is 0 Å². The molecule has 2 nitrogen and oxygen atoms in total. The van der Waals surface area contributed by atoms with Crippen LogP contribution in [0.1, 0.15) is 44.9 Å². The summed E-state index contributed by atoms with van der Waals surface area (Å²) in [5.41, 5.74) is 1.76. The van der Waals surface area contributed by atoms with Crippen molar-refractivity contribution in [3.8, 4) is 0 Å². The minimum Gasteiger partial charge on any atom is -0.385 e. The third-order valence-corrected chi connectivity index (χ3v) is 4.51. The van der Waals surface area contributed by atoms with Crippen molar-refractivity contribution >= 4 is 5.69 Å². The van der Waals surface area contributed by atoms with E-state index in [-0.39, 0.29) is 0 Å². The highest BCUT2D eigenvalue weighted by Gasteiger charge is 2.30. The van der Waals surface area contributed by atoms with Crippen LogP contribution in [0, 0.1) is 5.41 Å². The van der Waals surface area contributed by atoms with E-state index >= 15 is 0 Å².